The molecular formula is C12H10N2OS2. The maximum absolute atomic E-state index is 5.51. The molecule has 5 heteroatoms. The maximum Gasteiger partial charge on any atom is 0.192 e. The van der Waals surface area contributed by atoms with E-state index < -0.39 is 0 Å². The van der Waals surface area contributed by atoms with Gasteiger partial charge in [0.1, 0.15) is 10.5 Å². The van der Waals surface area contributed by atoms with Gasteiger partial charge >= 0.3 is 0 Å². The number of benzene rings is 1. The van der Waals surface area contributed by atoms with Crippen LogP contribution in [0.15, 0.2) is 26.8 Å². The molecule has 0 aliphatic heterocycles. The third-order valence-electron chi connectivity index (χ3n) is 2.51. The van der Waals surface area contributed by atoms with E-state index in [0.29, 0.717) is 5.89 Å². The first kappa shape index (κ1) is 10.8. The SMILES string of the molecule is Cc1nc2ccc(-c3nc(C)c(S)s3)cc2o1. The number of aryl methyl sites for hydroxylation is 2. The highest BCUT2D eigenvalue weighted by Crippen LogP contribution is 2.31. The average molecular weight is 262 g/mol. The number of thiol groups is 1. The maximum atomic E-state index is 5.51. The Morgan fingerprint density at radius 1 is 1.24 bits per heavy atom. The molecule has 0 radical (unpaired) electrons. The van der Waals surface area contributed by atoms with Gasteiger partial charge in [-0.15, -0.1) is 24.0 Å². The first-order valence-electron chi connectivity index (χ1n) is 5.17. The molecule has 3 aromatic rings. The predicted molar refractivity (Wildman–Crippen MR) is 71.8 cm³/mol. The largest absolute Gasteiger partial charge is 0.441 e. The number of hydrogen-bond donors (Lipinski definition) is 1. The van der Waals surface area contributed by atoms with Crippen LogP contribution in [0.4, 0.5) is 0 Å². The molecule has 0 N–H and O–H groups in total. The summed E-state index contributed by atoms with van der Waals surface area (Å²) in [4.78, 5) is 8.75. The van der Waals surface area contributed by atoms with Crippen LogP contribution in [0.1, 0.15) is 11.6 Å². The highest BCUT2D eigenvalue weighted by atomic mass is 32.2. The summed E-state index contributed by atoms with van der Waals surface area (Å²) < 4.78 is 6.47. The van der Waals surface area contributed by atoms with Crippen LogP contribution in [0.3, 0.4) is 0 Å². The van der Waals surface area contributed by atoms with Gasteiger partial charge in [0.2, 0.25) is 0 Å². The summed E-state index contributed by atoms with van der Waals surface area (Å²) in [5.41, 5.74) is 3.68. The number of fused-ring (bicyclic) bond motifs is 1. The van der Waals surface area contributed by atoms with Crippen LogP contribution >= 0.6 is 24.0 Å². The van der Waals surface area contributed by atoms with E-state index >= 15 is 0 Å². The fraction of sp³-hybridized carbons (Fsp3) is 0.167. The number of oxazole rings is 1. The quantitative estimate of drug-likeness (QED) is 0.677. The molecule has 17 heavy (non-hydrogen) atoms. The minimum atomic E-state index is 0.683. The van der Waals surface area contributed by atoms with Gasteiger partial charge < -0.3 is 4.42 Å². The molecule has 0 saturated heterocycles. The molecule has 0 saturated carbocycles. The van der Waals surface area contributed by atoms with Crippen LogP contribution in [-0.4, -0.2) is 9.97 Å². The molecule has 0 aliphatic carbocycles. The second-order valence-electron chi connectivity index (χ2n) is 3.82. The van der Waals surface area contributed by atoms with Crippen LogP contribution in [-0.2, 0) is 0 Å². The minimum absolute atomic E-state index is 0.683. The van der Waals surface area contributed by atoms with Gasteiger partial charge in [-0.05, 0) is 25.1 Å². The summed E-state index contributed by atoms with van der Waals surface area (Å²) in [6.45, 7) is 3.80. The Kier molecular flexibility index (Phi) is 2.45. The van der Waals surface area contributed by atoms with Gasteiger partial charge in [-0.25, -0.2) is 9.97 Å². The Bertz CT molecular complexity index is 680. The summed E-state index contributed by atoms with van der Waals surface area (Å²) in [6.07, 6.45) is 0. The van der Waals surface area contributed by atoms with Crippen molar-refractivity contribution in [3.05, 3.63) is 29.8 Å². The van der Waals surface area contributed by atoms with Crippen molar-refractivity contribution in [1.29, 1.82) is 0 Å². The molecule has 0 atom stereocenters. The molecule has 0 spiro atoms. The van der Waals surface area contributed by atoms with Gasteiger partial charge in [-0.2, -0.15) is 0 Å². The van der Waals surface area contributed by atoms with Gasteiger partial charge in [0, 0.05) is 12.5 Å². The van der Waals surface area contributed by atoms with Crippen LogP contribution in [0.25, 0.3) is 21.7 Å². The normalized spacial score (nSPS) is 11.2. The summed E-state index contributed by atoms with van der Waals surface area (Å²) in [5, 5.41) is 0.962. The van der Waals surface area contributed by atoms with Crippen molar-refractivity contribution in [2.45, 2.75) is 18.1 Å². The van der Waals surface area contributed by atoms with E-state index in [4.69, 9.17) is 4.42 Å². The van der Waals surface area contributed by atoms with Crippen molar-refractivity contribution >= 4 is 35.1 Å². The Balaban J connectivity index is 2.16. The molecule has 1 aromatic carbocycles. The fourth-order valence-corrected chi connectivity index (χ4v) is 2.80. The van der Waals surface area contributed by atoms with Gasteiger partial charge in [0.25, 0.3) is 0 Å². The van der Waals surface area contributed by atoms with E-state index in [0.717, 1.165) is 31.6 Å². The third kappa shape index (κ3) is 1.85. The first-order valence-corrected chi connectivity index (χ1v) is 6.44. The van der Waals surface area contributed by atoms with Gasteiger partial charge in [-0.3, -0.25) is 0 Å². The lowest BCUT2D eigenvalue weighted by Gasteiger charge is -1.94. The predicted octanol–water partition coefficient (Wildman–Crippen LogP) is 3.86. The zero-order valence-corrected chi connectivity index (χ0v) is 11.1. The number of rotatable bonds is 1. The van der Waals surface area contributed by atoms with E-state index in [1.54, 1.807) is 11.3 Å². The molecule has 2 aromatic heterocycles. The number of nitrogens with zero attached hydrogens (tertiary/aromatic N) is 2. The van der Waals surface area contributed by atoms with E-state index in [-0.39, 0.29) is 0 Å². The fourth-order valence-electron chi connectivity index (χ4n) is 1.68. The second kappa shape index (κ2) is 3.85. The lowest BCUT2D eigenvalue weighted by Crippen LogP contribution is -1.77. The number of hydrogen-bond acceptors (Lipinski definition) is 5. The highest BCUT2D eigenvalue weighted by Gasteiger charge is 2.09. The van der Waals surface area contributed by atoms with E-state index in [1.165, 1.54) is 0 Å². The third-order valence-corrected chi connectivity index (χ3v) is 4.12. The van der Waals surface area contributed by atoms with Crippen molar-refractivity contribution in [2.24, 2.45) is 0 Å². The molecule has 0 aliphatic rings. The molecule has 0 amide bonds. The lowest BCUT2D eigenvalue weighted by atomic mass is 10.2. The van der Waals surface area contributed by atoms with E-state index in [9.17, 15) is 0 Å². The lowest BCUT2D eigenvalue weighted by molar-refractivity contribution is 0.561. The topological polar surface area (TPSA) is 38.9 Å². The standard InChI is InChI=1S/C12H10N2OS2/c1-6-12(16)17-11(13-6)8-3-4-9-10(5-8)15-7(2)14-9/h3-5,16H,1-2H3. The van der Waals surface area contributed by atoms with Crippen molar-refractivity contribution in [3.63, 3.8) is 0 Å². The first-order chi connectivity index (χ1) is 8.13. The summed E-state index contributed by atoms with van der Waals surface area (Å²) in [7, 11) is 0. The minimum Gasteiger partial charge on any atom is -0.441 e. The Morgan fingerprint density at radius 2 is 2.06 bits per heavy atom. The van der Waals surface area contributed by atoms with Gasteiger partial charge in [0.05, 0.1) is 9.90 Å². The van der Waals surface area contributed by atoms with Crippen molar-refractivity contribution in [3.8, 4) is 10.6 Å². The Labute approximate surface area is 108 Å². The monoisotopic (exact) mass is 262 g/mol. The van der Waals surface area contributed by atoms with Crippen LogP contribution in [0.5, 0.6) is 0 Å². The number of aromatic nitrogens is 2. The highest BCUT2D eigenvalue weighted by molar-refractivity contribution is 7.83. The molecule has 3 nitrogen and oxygen atoms in total. The van der Waals surface area contributed by atoms with Crippen molar-refractivity contribution in [1.82, 2.24) is 9.97 Å². The second-order valence-corrected chi connectivity index (χ2v) is 5.57. The van der Waals surface area contributed by atoms with Crippen molar-refractivity contribution in [2.75, 3.05) is 0 Å². The Hall–Kier alpha value is -1.33. The summed E-state index contributed by atoms with van der Waals surface area (Å²) in [6, 6.07) is 5.94. The average Bonchev–Trinajstić information content (AvgIpc) is 2.80. The molecule has 0 unspecified atom stereocenters. The molecule has 86 valence electrons. The molecule has 2 heterocycles. The van der Waals surface area contributed by atoms with E-state index in [1.807, 2.05) is 32.0 Å². The van der Waals surface area contributed by atoms with Gasteiger partial charge in [0.15, 0.2) is 11.5 Å². The van der Waals surface area contributed by atoms with Crippen LogP contribution < -0.4 is 0 Å². The Morgan fingerprint density at radius 3 is 2.76 bits per heavy atom. The number of thiazole rings is 1. The molecular weight excluding hydrogens is 252 g/mol. The summed E-state index contributed by atoms with van der Waals surface area (Å²) in [5.74, 6) is 0.683. The summed E-state index contributed by atoms with van der Waals surface area (Å²) >= 11 is 5.94. The molecule has 0 bridgehead atoms. The van der Waals surface area contributed by atoms with E-state index in [2.05, 4.69) is 22.6 Å². The van der Waals surface area contributed by atoms with Crippen molar-refractivity contribution < 1.29 is 4.42 Å². The molecule has 0 fully saturated rings. The molecule has 3 rings (SSSR count). The zero-order chi connectivity index (χ0) is 12.0. The van der Waals surface area contributed by atoms with Crippen LogP contribution in [0.2, 0.25) is 0 Å². The van der Waals surface area contributed by atoms with Crippen LogP contribution in [0, 0.1) is 13.8 Å². The zero-order valence-electron chi connectivity index (χ0n) is 9.39. The smallest absolute Gasteiger partial charge is 0.192 e. The van der Waals surface area contributed by atoms with Gasteiger partial charge in [-0.1, -0.05) is 0 Å².